The van der Waals surface area contributed by atoms with Gasteiger partial charge in [-0.25, -0.2) is 0 Å². The summed E-state index contributed by atoms with van der Waals surface area (Å²) in [7, 11) is 0. The van der Waals surface area contributed by atoms with Crippen molar-refractivity contribution in [3.8, 4) is 44.5 Å². The van der Waals surface area contributed by atoms with Crippen LogP contribution in [0.2, 0.25) is 0 Å². The van der Waals surface area contributed by atoms with Crippen LogP contribution >= 0.6 is 0 Å². The van der Waals surface area contributed by atoms with Crippen LogP contribution in [0.3, 0.4) is 0 Å². The fraction of sp³-hybridized carbons (Fsp3) is 0.0588. The van der Waals surface area contributed by atoms with Gasteiger partial charge >= 0.3 is 0 Å². The number of hydrogen-bond acceptors (Lipinski definition) is 2. The molecule has 0 aliphatic heterocycles. The molecule has 14 aromatic carbocycles. The van der Waals surface area contributed by atoms with Crippen molar-refractivity contribution in [2.24, 2.45) is 0 Å². The van der Waals surface area contributed by atoms with E-state index in [-0.39, 0.29) is 0 Å². The van der Waals surface area contributed by atoms with Crippen molar-refractivity contribution in [3.63, 3.8) is 0 Å². The van der Waals surface area contributed by atoms with Crippen LogP contribution in [-0.2, 0) is 10.8 Å². The van der Waals surface area contributed by atoms with Gasteiger partial charge < -0.3 is 9.80 Å². The molecule has 0 bridgehead atoms. The predicted octanol–water partition coefficient (Wildman–Crippen LogP) is 22.6. The molecule has 0 N–H and O–H groups in total. The quantitative estimate of drug-likeness (QED) is 0.142. The Balaban J connectivity index is 0.00000303. The minimum Gasteiger partial charge on any atom is -0.310 e. The van der Waals surface area contributed by atoms with Crippen molar-refractivity contribution in [1.82, 2.24) is 0 Å². The van der Waals surface area contributed by atoms with E-state index in [4.69, 9.17) is 0 Å². The average Bonchev–Trinajstić information content (AvgIpc) is 1.57. The fourth-order valence-electron chi connectivity index (χ4n) is 15.4. The van der Waals surface area contributed by atoms with Crippen molar-refractivity contribution in [3.05, 3.63) is 372 Å². The number of hydrogen-bond donors (Lipinski definition) is 0. The van der Waals surface area contributed by atoms with Crippen LogP contribution in [0.4, 0.5) is 34.1 Å². The molecule has 0 radical (unpaired) electrons. The molecule has 0 heterocycles. The summed E-state index contributed by atoms with van der Waals surface area (Å²) in [6.07, 6.45) is 0. The van der Waals surface area contributed by atoms with Gasteiger partial charge in [0.1, 0.15) is 0 Å². The van der Waals surface area contributed by atoms with E-state index in [1.54, 1.807) is 0 Å². The lowest BCUT2D eigenvalue weighted by atomic mass is 9.65. The van der Waals surface area contributed by atoms with Gasteiger partial charge in [-0.2, -0.15) is 0 Å². The second-order valence-electron chi connectivity index (χ2n) is 23.1. The Hall–Kier alpha value is -10.8. The van der Waals surface area contributed by atoms with Crippen LogP contribution in [-0.4, -0.2) is 0 Å². The first kappa shape index (κ1) is 51.8. The van der Waals surface area contributed by atoms with Gasteiger partial charge in [-0.05, 0) is 196 Å². The van der Waals surface area contributed by atoms with Crippen LogP contribution in [0, 0.1) is 6.92 Å². The van der Waals surface area contributed by atoms with Gasteiger partial charge in [0.05, 0.1) is 10.8 Å². The highest BCUT2D eigenvalue weighted by Crippen LogP contribution is 2.64. The van der Waals surface area contributed by atoms with E-state index in [1.165, 1.54) is 105 Å². The molecule has 14 aromatic rings. The third-order valence-corrected chi connectivity index (χ3v) is 18.8. The number of nitrogens with zero attached hydrogens (tertiary/aromatic N) is 2. The van der Waals surface area contributed by atoms with Crippen molar-refractivity contribution in [2.75, 3.05) is 9.80 Å². The van der Waals surface area contributed by atoms with Crippen molar-refractivity contribution in [2.45, 2.75) is 31.6 Å². The molecular formula is C85H62N2. The highest BCUT2D eigenvalue weighted by molar-refractivity contribution is 6.06. The molecule has 412 valence electrons. The molecule has 0 fully saturated rings. The first-order chi connectivity index (χ1) is 43.1. The second kappa shape index (κ2) is 20.8. The van der Waals surface area contributed by atoms with E-state index in [2.05, 4.69) is 338 Å². The van der Waals surface area contributed by atoms with E-state index >= 15 is 0 Å². The molecule has 1 spiro atoms. The van der Waals surface area contributed by atoms with Crippen LogP contribution in [0.25, 0.3) is 66.1 Å². The van der Waals surface area contributed by atoms with Crippen LogP contribution in [0.5, 0.6) is 0 Å². The fourth-order valence-corrected chi connectivity index (χ4v) is 15.4. The van der Waals surface area contributed by atoms with Crippen molar-refractivity contribution < 1.29 is 0 Å². The van der Waals surface area contributed by atoms with E-state index in [1.807, 2.05) is 13.8 Å². The summed E-state index contributed by atoms with van der Waals surface area (Å²) in [5, 5.41) is 4.95. The molecule has 87 heavy (non-hydrogen) atoms. The van der Waals surface area contributed by atoms with Gasteiger partial charge in [-0.1, -0.05) is 263 Å². The Labute approximate surface area is 510 Å². The van der Waals surface area contributed by atoms with Gasteiger partial charge in [0.15, 0.2) is 0 Å². The molecule has 3 aliphatic carbocycles. The summed E-state index contributed by atoms with van der Waals surface area (Å²) in [6.45, 7) is 6.26. The maximum atomic E-state index is 2.39. The summed E-state index contributed by atoms with van der Waals surface area (Å²) < 4.78 is 0. The topological polar surface area (TPSA) is 6.48 Å². The normalized spacial score (nSPS) is 14.3. The molecular weight excluding hydrogens is 1050 g/mol. The van der Waals surface area contributed by atoms with Gasteiger partial charge in [0.2, 0.25) is 0 Å². The summed E-state index contributed by atoms with van der Waals surface area (Å²) in [6, 6.07) is 120. The zero-order valence-corrected chi connectivity index (χ0v) is 49.0. The monoisotopic (exact) mass is 1110 g/mol. The lowest BCUT2D eigenvalue weighted by molar-refractivity contribution is 0.768. The SMILES string of the molecule is CC.Cc1ccccc1C1(c2ccccc2)c2ccccc2-c2ccc3cc(N(c4ccccc4)c4ccc(-c5ccc(N(c6ccccc6)c6ccc7c8c(ccc7c6)-c6ccccc6C86c7ccccc7-c7ccccc76)cc5)cc4)ccc3c21. The first-order valence-corrected chi connectivity index (χ1v) is 30.7. The van der Waals surface area contributed by atoms with E-state index in [9.17, 15) is 0 Å². The average molecular weight is 1110 g/mol. The highest BCUT2D eigenvalue weighted by Gasteiger charge is 2.52. The lowest BCUT2D eigenvalue weighted by Gasteiger charge is -2.36. The highest BCUT2D eigenvalue weighted by atomic mass is 15.1. The largest absolute Gasteiger partial charge is 0.310 e. The molecule has 3 aliphatic rings. The smallest absolute Gasteiger partial charge is 0.0731 e. The second-order valence-corrected chi connectivity index (χ2v) is 23.1. The number of anilines is 6. The van der Waals surface area contributed by atoms with Crippen LogP contribution in [0.15, 0.2) is 322 Å². The summed E-state index contributed by atoms with van der Waals surface area (Å²) in [5.41, 5.74) is 27.8. The van der Waals surface area contributed by atoms with E-state index in [0.29, 0.717) is 0 Å². The summed E-state index contributed by atoms with van der Waals surface area (Å²) in [5.74, 6) is 0. The summed E-state index contributed by atoms with van der Waals surface area (Å²) >= 11 is 0. The number of para-hydroxylation sites is 2. The molecule has 0 saturated carbocycles. The molecule has 1 unspecified atom stereocenters. The molecule has 0 amide bonds. The Morgan fingerprint density at radius 3 is 0.989 bits per heavy atom. The third kappa shape index (κ3) is 7.74. The van der Waals surface area contributed by atoms with Gasteiger partial charge in [-0.3, -0.25) is 0 Å². The number of rotatable bonds is 9. The Bertz CT molecular complexity index is 4890. The third-order valence-electron chi connectivity index (χ3n) is 18.8. The Morgan fingerprint density at radius 2 is 0.563 bits per heavy atom. The lowest BCUT2D eigenvalue weighted by Crippen LogP contribution is -2.29. The Kier molecular flexibility index (Phi) is 12.4. The standard InChI is InChI=1S/C83H56N2.C2H6/c1-55-21-11-16-32-75(55)82(60-22-5-2-6-23-60)76-33-17-14-30-71(76)73-49-41-58-53-65(47-51-67(58)80(73)82)84(61-24-7-3-8-25-61)63-43-37-56(38-44-63)57-39-45-64(46-40-57)85(62-26-9-4-10-27-62)66-48-52-68-59(54-66)42-50-74-72-31-15-20-36-79(72)83(81(68)74)77-34-18-12-28-69(77)70-29-13-19-35-78(70)83;1-2/h2-54H,1H3;1-2H3. The first-order valence-electron chi connectivity index (χ1n) is 30.7. The maximum absolute atomic E-state index is 2.39. The van der Waals surface area contributed by atoms with Gasteiger partial charge in [-0.15, -0.1) is 0 Å². The van der Waals surface area contributed by atoms with Crippen molar-refractivity contribution in [1.29, 1.82) is 0 Å². The number of benzene rings is 14. The number of fused-ring (bicyclic) bond motifs is 17. The van der Waals surface area contributed by atoms with Crippen molar-refractivity contribution >= 4 is 55.7 Å². The maximum Gasteiger partial charge on any atom is 0.0731 e. The molecule has 1 atom stereocenters. The van der Waals surface area contributed by atoms with Crippen LogP contribution < -0.4 is 9.80 Å². The minimum atomic E-state index is -0.501. The van der Waals surface area contributed by atoms with Gasteiger partial charge in [0.25, 0.3) is 0 Å². The van der Waals surface area contributed by atoms with E-state index < -0.39 is 10.8 Å². The van der Waals surface area contributed by atoms with E-state index in [0.717, 1.165) is 45.3 Å². The van der Waals surface area contributed by atoms with Crippen LogP contribution in [0.1, 0.15) is 63.9 Å². The summed E-state index contributed by atoms with van der Waals surface area (Å²) in [4.78, 5) is 4.78. The molecule has 2 nitrogen and oxygen atoms in total. The molecule has 2 heteroatoms. The zero-order chi connectivity index (χ0) is 58.2. The Morgan fingerprint density at radius 1 is 0.241 bits per heavy atom. The molecule has 0 saturated heterocycles. The predicted molar refractivity (Wildman–Crippen MR) is 366 cm³/mol. The molecule has 17 rings (SSSR count). The molecule has 0 aromatic heterocycles. The zero-order valence-electron chi connectivity index (χ0n) is 49.0. The minimum absolute atomic E-state index is 0.419. The van der Waals surface area contributed by atoms with Gasteiger partial charge in [0, 0.05) is 34.1 Å². The number of aryl methyl sites for hydroxylation is 1.